The van der Waals surface area contributed by atoms with E-state index in [1.165, 1.54) is 38.8 Å². The van der Waals surface area contributed by atoms with Crippen LogP contribution in [-0.4, -0.2) is 32.9 Å². The Bertz CT molecular complexity index is 149. The van der Waals surface area contributed by atoms with Crippen LogP contribution in [0, 0.1) is 0 Å². The standard InChI is InChI=1S/C13H30NOSi/c1-5-7-10-14(11-8-6-2)12-9-13-16(3,4)15/h5-13H2,1-4H3/q-1. The zero-order valence-electron chi connectivity index (χ0n) is 11.7. The molecule has 98 valence electrons. The molecular formula is C13H30NOSi-. The van der Waals surface area contributed by atoms with Crippen molar-refractivity contribution in [3.63, 3.8) is 0 Å². The lowest BCUT2D eigenvalue weighted by Crippen LogP contribution is -2.43. The van der Waals surface area contributed by atoms with Crippen LogP contribution < -0.4 is 4.80 Å². The number of hydrogen-bond acceptors (Lipinski definition) is 2. The van der Waals surface area contributed by atoms with Gasteiger partial charge in [0.2, 0.25) is 0 Å². The monoisotopic (exact) mass is 244 g/mol. The summed E-state index contributed by atoms with van der Waals surface area (Å²) in [7, 11) is -2.06. The maximum atomic E-state index is 11.6. The van der Waals surface area contributed by atoms with Crippen molar-refractivity contribution in [2.45, 2.75) is 65.1 Å². The normalized spacial score (nSPS) is 12.4. The van der Waals surface area contributed by atoms with E-state index in [-0.39, 0.29) is 0 Å². The second kappa shape index (κ2) is 9.20. The summed E-state index contributed by atoms with van der Waals surface area (Å²) in [4.78, 5) is 14.2. The highest BCUT2D eigenvalue weighted by molar-refractivity contribution is 6.68. The molecule has 0 unspecified atom stereocenters. The van der Waals surface area contributed by atoms with E-state index in [9.17, 15) is 4.80 Å². The smallest absolute Gasteiger partial charge is 0.00188 e. The van der Waals surface area contributed by atoms with E-state index in [1.807, 2.05) is 13.1 Å². The fraction of sp³-hybridized carbons (Fsp3) is 1.00. The predicted molar refractivity (Wildman–Crippen MR) is 73.2 cm³/mol. The first-order chi connectivity index (χ1) is 7.49. The van der Waals surface area contributed by atoms with E-state index in [1.54, 1.807) is 0 Å². The van der Waals surface area contributed by atoms with E-state index in [0.717, 1.165) is 19.0 Å². The molecule has 0 N–H and O–H groups in total. The third kappa shape index (κ3) is 10.6. The highest BCUT2D eigenvalue weighted by Crippen LogP contribution is 2.07. The fourth-order valence-electron chi connectivity index (χ4n) is 1.83. The zero-order chi connectivity index (χ0) is 12.4. The van der Waals surface area contributed by atoms with Crippen LogP contribution in [0.15, 0.2) is 0 Å². The first-order valence-corrected chi connectivity index (χ1v) is 10.0. The van der Waals surface area contributed by atoms with Gasteiger partial charge in [0.1, 0.15) is 0 Å². The van der Waals surface area contributed by atoms with Gasteiger partial charge in [-0.25, -0.2) is 0 Å². The number of unbranched alkanes of at least 4 members (excludes halogenated alkanes) is 2. The van der Waals surface area contributed by atoms with Crippen LogP contribution in [-0.2, 0) is 0 Å². The van der Waals surface area contributed by atoms with Gasteiger partial charge in [0.05, 0.1) is 0 Å². The molecule has 0 aromatic carbocycles. The average Bonchev–Trinajstić information content (AvgIpc) is 2.19. The van der Waals surface area contributed by atoms with Crippen molar-refractivity contribution in [2.24, 2.45) is 0 Å². The molecule has 0 atom stereocenters. The minimum absolute atomic E-state index is 0.932. The molecule has 0 amide bonds. The van der Waals surface area contributed by atoms with Crippen molar-refractivity contribution in [1.82, 2.24) is 4.90 Å². The summed E-state index contributed by atoms with van der Waals surface area (Å²) in [5, 5.41) is 0. The molecule has 0 spiro atoms. The Hall–Kier alpha value is 0.137. The maximum Gasteiger partial charge on any atom is -0.00188 e. The Kier molecular flexibility index (Phi) is 9.28. The fourth-order valence-corrected chi connectivity index (χ4v) is 2.84. The van der Waals surface area contributed by atoms with E-state index in [4.69, 9.17) is 0 Å². The van der Waals surface area contributed by atoms with Gasteiger partial charge in [0, 0.05) is 0 Å². The second-order valence-electron chi connectivity index (χ2n) is 5.41. The zero-order valence-corrected chi connectivity index (χ0v) is 12.7. The maximum absolute atomic E-state index is 11.6. The van der Waals surface area contributed by atoms with Gasteiger partial charge in [-0.05, 0) is 38.9 Å². The van der Waals surface area contributed by atoms with Crippen molar-refractivity contribution >= 4 is 8.32 Å². The van der Waals surface area contributed by atoms with Crippen molar-refractivity contribution in [3.05, 3.63) is 0 Å². The first kappa shape index (κ1) is 16.1. The lowest BCUT2D eigenvalue weighted by atomic mass is 10.2. The summed E-state index contributed by atoms with van der Waals surface area (Å²) >= 11 is 0. The van der Waals surface area contributed by atoms with E-state index in [0.29, 0.717) is 0 Å². The minimum atomic E-state index is -2.06. The molecule has 0 aromatic heterocycles. The van der Waals surface area contributed by atoms with E-state index < -0.39 is 8.32 Å². The molecule has 0 bridgehead atoms. The highest BCUT2D eigenvalue weighted by atomic mass is 28.4. The van der Waals surface area contributed by atoms with Gasteiger partial charge in [-0.3, -0.25) is 0 Å². The molecule has 0 saturated heterocycles. The molecule has 0 fully saturated rings. The topological polar surface area (TPSA) is 26.3 Å². The van der Waals surface area contributed by atoms with Crippen LogP contribution in [0.5, 0.6) is 0 Å². The lowest BCUT2D eigenvalue weighted by Gasteiger charge is -2.31. The van der Waals surface area contributed by atoms with Gasteiger partial charge >= 0.3 is 0 Å². The quantitative estimate of drug-likeness (QED) is 0.552. The summed E-state index contributed by atoms with van der Waals surface area (Å²) in [6.07, 6.45) is 6.23. The number of nitrogens with zero attached hydrogens (tertiary/aromatic N) is 1. The first-order valence-electron chi connectivity index (χ1n) is 6.92. The average molecular weight is 244 g/mol. The van der Waals surface area contributed by atoms with Crippen LogP contribution in [0.2, 0.25) is 19.1 Å². The van der Waals surface area contributed by atoms with Crippen LogP contribution in [0.4, 0.5) is 0 Å². The number of rotatable bonds is 10. The van der Waals surface area contributed by atoms with Crippen LogP contribution in [0.1, 0.15) is 46.0 Å². The molecule has 3 heteroatoms. The highest BCUT2D eigenvalue weighted by Gasteiger charge is 2.07. The van der Waals surface area contributed by atoms with Crippen molar-refractivity contribution < 1.29 is 4.80 Å². The van der Waals surface area contributed by atoms with E-state index >= 15 is 0 Å². The predicted octanol–water partition coefficient (Wildman–Crippen LogP) is 2.84. The van der Waals surface area contributed by atoms with Crippen molar-refractivity contribution in [3.8, 4) is 0 Å². The molecule has 2 nitrogen and oxygen atoms in total. The molecule has 0 saturated carbocycles. The Balaban J connectivity index is 3.72. The van der Waals surface area contributed by atoms with Gasteiger partial charge in [-0.1, -0.05) is 54.1 Å². The lowest BCUT2D eigenvalue weighted by molar-refractivity contribution is -0.205. The Morgan fingerprint density at radius 1 is 0.875 bits per heavy atom. The van der Waals surface area contributed by atoms with Crippen LogP contribution in [0.25, 0.3) is 0 Å². The van der Waals surface area contributed by atoms with Gasteiger partial charge in [0.25, 0.3) is 0 Å². The molecule has 0 aliphatic carbocycles. The summed E-state index contributed by atoms with van der Waals surface area (Å²) in [5.41, 5.74) is 0. The SMILES string of the molecule is CCCCN(CCCC)CCC[Si](C)(C)[O-]. The Morgan fingerprint density at radius 2 is 1.31 bits per heavy atom. The summed E-state index contributed by atoms with van der Waals surface area (Å²) in [6, 6.07) is 0.932. The largest absolute Gasteiger partial charge is 0.859 e. The van der Waals surface area contributed by atoms with Crippen LogP contribution >= 0.6 is 0 Å². The summed E-state index contributed by atoms with van der Waals surface area (Å²) < 4.78 is 0. The molecule has 0 radical (unpaired) electrons. The molecular weight excluding hydrogens is 214 g/mol. The summed E-state index contributed by atoms with van der Waals surface area (Å²) in [5.74, 6) is 0. The van der Waals surface area contributed by atoms with Gasteiger partial charge < -0.3 is 9.70 Å². The third-order valence-electron chi connectivity index (χ3n) is 2.91. The molecule has 0 aliphatic rings. The Labute approximate surface area is 103 Å². The molecule has 0 aromatic rings. The van der Waals surface area contributed by atoms with E-state index in [2.05, 4.69) is 18.7 Å². The third-order valence-corrected chi connectivity index (χ3v) is 4.47. The molecule has 16 heavy (non-hydrogen) atoms. The molecule has 0 rings (SSSR count). The molecule has 0 heterocycles. The van der Waals surface area contributed by atoms with Crippen LogP contribution in [0.3, 0.4) is 0 Å². The summed E-state index contributed by atoms with van der Waals surface area (Å²) in [6.45, 7) is 11.9. The van der Waals surface area contributed by atoms with Gasteiger partial charge in [0.15, 0.2) is 0 Å². The van der Waals surface area contributed by atoms with Gasteiger partial charge in [-0.2, -0.15) is 0 Å². The molecule has 0 aliphatic heterocycles. The van der Waals surface area contributed by atoms with Crippen molar-refractivity contribution in [2.75, 3.05) is 19.6 Å². The Morgan fingerprint density at radius 3 is 1.69 bits per heavy atom. The minimum Gasteiger partial charge on any atom is -0.859 e. The van der Waals surface area contributed by atoms with Gasteiger partial charge in [-0.15, -0.1) is 0 Å². The second-order valence-corrected chi connectivity index (χ2v) is 9.43. The van der Waals surface area contributed by atoms with Crippen molar-refractivity contribution in [1.29, 1.82) is 0 Å². The number of hydrogen-bond donors (Lipinski definition) is 0.